The van der Waals surface area contributed by atoms with E-state index in [2.05, 4.69) is 17.3 Å². The number of hydrogen-bond acceptors (Lipinski definition) is 5. The molecule has 0 unspecified atom stereocenters. The second kappa shape index (κ2) is 6.83. The minimum atomic E-state index is -0.231. The van der Waals surface area contributed by atoms with Gasteiger partial charge in [-0.2, -0.15) is 10.1 Å². The molecule has 3 aliphatic rings. The minimum Gasteiger partial charge on any atom is -0.490 e. The van der Waals surface area contributed by atoms with Gasteiger partial charge in [0.1, 0.15) is 0 Å². The van der Waals surface area contributed by atoms with Crippen molar-refractivity contribution in [3.63, 3.8) is 0 Å². The smallest absolute Gasteiger partial charge is 0.254 e. The van der Waals surface area contributed by atoms with E-state index in [0.29, 0.717) is 18.1 Å². The van der Waals surface area contributed by atoms with E-state index in [-0.39, 0.29) is 41.6 Å². The van der Waals surface area contributed by atoms with Gasteiger partial charge in [0.25, 0.3) is 11.8 Å². The summed E-state index contributed by atoms with van der Waals surface area (Å²) in [5.41, 5.74) is 0.744. The van der Waals surface area contributed by atoms with Gasteiger partial charge >= 0.3 is 0 Å². The normalized spacial score (nSPS) is 28.7. The molecule has 0 spiro atoms. The Morgan fingerprint density at radius 1 is 1.15 bits per heavy atom. The van der Waals surface area contributed by atoms with Crippen molar-refractivity contribution in [1.82, 2.24) is 5.01 Å². The zero-order valence-electron chi connectivity index (χ0n) is 15.8. The van der Waals surface area contributed by atoms with Crippen LogP contribution in [-0.2, 0) is 9.59 Å². The maximum absolute atomic E-state index is 12.7. The first-order valence-electron chi connectivity index (χ1n) is 9.53. The van der Waals surface area contributed by atoms with Crippen molar-refractivity contribution >= 4 is 18.0 Å². The molecule has 142 valence electrons. The van der Waals surface area contributed by atoms with E-state index in [1.165, 1.54) is 6.21 Å². The highest BCUT2D eigenvalue weighted by Crippen LogP contribution is 2.52. The molecular formula is C21H24N2O4. The highest BCUT2D eigenvalue weighted by molar-refractivity contribution is 6.06. The van der Waals surface area contributed by atoms with Gasteiger partial charge in [0.2, 0.25) is 0 Å². The topological polar surface area (TPSA) is 68.2 Å². The Hall–Kier alpha value is -2.63. The van der Waals surface area contributed by atoms with Crippen LogP contribution in [0.1, 0.15) is 32.8 Å². The highest BCUT2D eigenvalue weighted by Gasteiger charge is 2.59. The van der Waals surface area contributed by atoms with Crippen molar-refractivity contribution in [2.75, 3.05) is 6.61 Å². The Bertz CT molecular complexity index is 799. The first kappa shape index (κ1) is 17.8. The van der Waals surface area contributed by atoms with E-state index in [0.717, 1.165) is 17.0 Å². The molecule has 1 aromatic rings. The van der Waals surface area contributed by atoms with Crippen LogP contribution < -0.4 is 9.47 Å². The van der Waals surface area contributed by atoms with Crippen molar-refractivity contribution in [2.24, 2.45) is 28.8 Å². The molecule has 4 rings (SSSR count). The van der Waals surface area contributed by atoms with Crippen LogP contribution in [0.2, 0.25) is 0 Å². The second-order valence-corrected chi connectivity index (χ2v) is 7.54. The van der Waals surface area contributed by atoms with Crippen molar-refractivity contribution in [3.8, 4) is 11.5 Å². The fraction of sp³-hybridized carbons (Fsp3) is 0.476. The Morgan fingerprint density at radius 3 is 2.41 bits per heavy atom. The van der Waals surface area contributed by atoms with Crippen molar-refractivity contribution in [1.29, 1.82) is 0 Å². The first-order valence-corrected chi connectivity index (χ1v) is 9.53. The van der Waals surface area contributed by atoms with E-state index in [4.69, 9.17) is 9.47 Å². The summed E-state index contributed by atoms with van der Waals surface area (Å²) < 4.78 is 11.4. The van der Waals surface area contributed by atoms with Gasteiger partial charge in [-0.15, -0.1) is 0 Å². The highest BCUT2D eigenvalue weighted by atomic mass is 16.5. The Balaban J connectivity index is 1.54. The van der Waals surface area contributed by atoms with Crippen molar-refractivity contribution in [3.05, 3.63) is 35.9 Å². The molecular weight excluding hydrogens is 344 g/mol. The maximum atomic E-state index is 12.7. The lowest BCUT2D eigenvalue weighted by Crippen LogP contribution is -2.28. The van der Waals surface area contributed by atoms with Gasteiger partial charge in [0.15, 0.2) is 11.5 Å². The summed E-state index contributed by atoms with van der Waals surface area (Å²) in [6.45, 7) is 6.32. The molecule has 2 fully saturated rings. The van der Waals surface area contributed by atoms with Gasteiger partial charge in [0, 0.05) is 0 Å². The molecule has 4 atom stereocenters. The predicted octanol–water partition coefficient (Wildman–Crippen LogP) is 3.01. The van der Waals surface area contributed by atoms with Crippen LogP contribution in [0.3, 0.4) is 0 Å². The summed E-state index contributed by atoms with van der Waals surface area (Å²) in [5.74, 6) is 0.840. The number of amides is 2. The van der Waals surface area contributed by atoms with Crippen LogP contribution in [0.15, 0.2) is 35.5 Å². The molecule has 6 nitrogen and oxygen atoms in total. The fourth-order valence-corrected chi connectivity index (χ4v) is 4.35. The Morgan fingerprint density at radius 2 is 1.81 bits per heavy atom. The quantitative estimate of drug-likeness (QED) is 0.440. The average Bonchev–Trinajstić information content (AvgIpc) is 3.30. The van der Waals surface area contributed by atoms with E-state index in [9.17, 15) is 9.59 Å². The number of carbonyl (C=O) groups excluding carboxylic acids is 2. The summed E-state index contributed by atoms with van der Waals surface area (Å²) >= 11 is 0. The Labute approximate surface area is 158 Å². The maximum Gasteiger partial charge on any atom is 0.254 e. The standard InChI is InChI=1S/C21H24N2O4/c1-4-26-17-9-13(5-8-16(17)27-12(2)3)11-22-23-20(24)18-14-6-7-15(10-14)19(18)21(23)25/h5-9,11-12,14-15,18-19H,4,10H2,1-3H3/t14-,15-,18-,19+/m0/s1. The van der Waals surface area contributed by atoms with Crippen LogP contribution >= 0.6 is 0 Å². The predicted molar refractivity (Wildman–Crippen MR) is 101 cm³/mol. The lowest BCUT2D eigenvalue weighted by atomic mass is 9.85. The first-order chi connectivity index (χ1) is 13.0. The minimum absolute atomic E-state index is 0.0342. The molecule has 1 saturated heterocycles. The molecule has 1 saturated carbocycles. The number of allylic oxidation sites excluding steroid dienone is 2. The van der Waals surface area contributed by atoms with Gasteiger partial charge in [-0.25, -0.2) is 0 Å². The summed E-state index contributed by atoms with van der Waals surface area (Å²) in [7, 11) is 0. The van der Waals surface area contributed by atoms with Crippen LogP contribution in [0.25, 0.3) is 0 Å². The lowest BCUT2D eigenvalue weighted by Gasteiger charge is -2.15. The number of carbonyl (C=O) groups is 2. The van der Waals surface area contributed by atoms with E-state index < -0.39 is 0 Å². The largest absolute Gasteiger partial charge is 0.490 e. The molecule has 0 N–H and O–H groups in total. The third-order valence-electron chi connectivity index (χ3n) is 5.40. The van der Waals surface area contributed by atoms with Gasteiger partial charge in [-0.3, -0.25) is 9.59 Å². The van der Waals surface area contributed by atoms with Gasteiger partial charge in [0.05, 0.1) is 30.8 Å². The van der Waals surface area contributed by atoms with E-state index in [1.807, 2.05) is 39.0 Å². The second-order valence-electron chi connectivity index (χ2n) is 7.54. The number of ether oxygens (including phenoxy) is 2. The van der Waals surface area contributed by atoms with Crippen molar-refractivity contribution < 1.29 is 19.1 Å². The molecule has 0 aromatic heterocycles. The summed E-state index contributed by atoms with van der Waals surface area (Å²) in [6.07, 6.45) is 6.64. The SMILES string of the molecule is CCOc1cc(C=NN2C(=O)[C@@H]3[C@H](C2=O)[C@H]2C=C[C@H]3C2)ccc1OC(C)C. The number of rotatable bonds is 6. The number of benzene rings is 1. The molecule has 2 bridgehead atoms. The van der Waals surface area contributed by atoms with E-state index >= 15 is 0 Å². The summed E-state index contributed by atoms with van der Waals surface area (Å²) in [4.78, 5) is 25.3. The number of hydrazone groups is 1. The van der Waals surface area contributed by atoms with Crippen LogP contribution in [-0.4, -0.2) is 35.7 Å². The molecule has 1 aliphatic heterocycles. The number of fused-ring (bicyclic) bond motifs is 5. The molecule has 0 radical (unpaired) electrons. The van der Waals surface area contributed by atoms with E-state index in [1.54, 1.807) is 0 Å². The molecule has 6 heteroatoms. The molecule has 2 amide bonds. The number of nitrogens with zero attached hydrogens (tertiary/aromatic N) is 2. The number of hydrogen-bond donors (Lipinski definition) is 0. The molecule has 1 aromatic carbocycles. The third kappa shape index (κ3) is 3.03. The zero-order valence-corrected chi connectivity index (χ0v) is 15.8. The van der Waals surface area contributed by atoms with Crippen molar-refractivity contribution in [2.45, 2.75) is 33.3 Å². The molecule has 1 heterocycles. The van der Waals surface area contributed by atoms with Gasteiger partial charge in [-0.1, -0.05) is 12.2 Å². The van der Waals surface area contributed by atoms with Crippen LogP contribution in [0.5, 0.6) is 11.5 Å². The van der Waals surface area contributed by atoms with Gasteiger partial charge in [-0.05, 0) is 62.8 Å². The molecule has 2 aliphatic carbocycles. The van der Waals surface area contributed by atoms with Crippen LogP contribution in [0.4, 0.5) is 0 Å². The fourth-order valence-electron chi connectivity index (χ4n) is 4.35. The van der Waals surface area contributed by atoms with Crippen LogP contribution in [0, 0.1) is 23.7 Å². The zero-order chi connectivity index (χ0) is 19.1. The lowest BCUT2D eigenvalue weighted by molar-refractivity contribution is -0.140. The summed E-state index contributed by atoms with van der Waals surface area (Å²) in [6, 6.07) is 5.46. The summed E-state index contributed by atoms with van der Waals surface area (Å²) in [5, 5.41) is 5.27. The average molecular weight is 368 g/mol. The monoisotopic (exact) mass is 368 g/mol. The Kier molecular flexibility index (Phi) is 4.50. The third-order valence-corrected chi connectivity index (χ3v) is 5.40. The number of imide groups is 1. The molecule has 27 heavy (non-hydrogen) atoms. The van der Waals surface area contributed by atoms with Gasteiger partial charge < -0.3 is 9.47 Å².